The average Bonchev–Trinajstić information content (AvgIpc) is 3.45. The maximum Gasteiger partial charge on any atom is 0.333 e. The number of carbonyl (C=O) groups is 5. The van der Waals surface area contributed by atoms with Gasteiger partial charge in [0.1, 0.15) is 6.10 Å². The molecule has 0 bridgehead atoms. The number of hydrogen-bond donors (Lipinski definition) is 1. The predicted octanol–water partition coefficient (Wildman–Crippen LogP) is 3.74. The molecular formula is C31H36O10. The minimum Gasteiger partial charge on any atom is -0.472 e. The van der Waals surface area contributed by atoms with Crippen LogP contribution in [0.4, 0.5) is 0 Å². The number of aliphatic hydroxyl groups is 1. The standard InChI is InChI=1S/C31H36O10/c1-16(2)28(36)41-27(19-14-29(4,5)20(12-23(33)38-7)17(3)25(19)35)31(37)21-13-24(34)40-26(18-9-11-39-15-18)30(21,6)10-8-22(31)32/h9,11,13-15,17,20,26-27,37H,1,8,10,12H2,2-7H3. The Kier molecular flexibility index (Phi) is 7.77. The summed E-state index contributed by atoms with van der Waals surface area (Å²) in [6.45, 7) is 12.0. The molecule has 1 aromatic heterocycles. The molecular weight excluding hydrogens is 532 g/mol. The Labute approximate surface area is 238 Å². The van der Waals surface area contributed by atoms with Crippen LogP contribution in [0.3, 0.4) is 0 Å². The van der Waals surface area contributed by atoms with Gasteiger partial charge in [0.15, 0.2) is 23.3 Å². The minimum atomic E-state index is -2.58. The summed E-state index contributed by atoms with van der Waals surface area (Å²) in [6, 6.07) is 1.62. The van der Waals surface area contributed by atoms with Gasteiger partial charge in [0.2, 0.25) is 0 Å². The van der Waals surface area contributed by atoms with Crippen molar-refractivity contribution in [2.24, 2.45) is 22.7 Å². The molecule has 2 aliphatic carbocycles. The molecule has 4 rings (SSSR count). The van der Waals surface area contributed by atoms with Crippen LogP contribution in [0.15, 0.2) is 58.5 Å². The lowest BCUT2D eigenvalue weighted by atomic mass is 9.56. The Bertz CT molecular complexity index is 1360. The van der Waals surface area contributed by atoms with E-state index < -0.39 is 69.9 Å². The van der Waals surface area contributed by atoms with E-state index in [1.165, 1.54) is 26.6 Å². The van der Waals surface area contributed by atoms with Crippen LogP contribution >= 0.6 is 0 Å². The van der Waals surface area contributed by atoms with Crippen LogP contribution in [-0.2, 0) is 38.2 Å². The number of hydrogen-bond acceptors (Lipinski definition) is 10. The van der Waals surface area contributed by atoms with Gasteiger partial charge >= 0.3 is 17.9 Å². The fourth-order valence-corrected chi connectivity index (χ4v) is 6.53. The van der Waals surface area contributed by atoms with Crippen molar-refractivity contribution < 1.29 is 47.7 Å². The highest BCUT2D eigenvalue weighted by Gasteiger charge is 2.64. The lowest BCUT2D eigenvalue weighted by molar-refractivity contribution is -0.173. The van der Waals surface area contributed by atoms with Crippen molar-refractivity contribution in [2.75, 3.05) is 7.11 Å². The molecule has 220 valence electrons. The molecule has 0 aromatic carbocycles. The zero-order chi connectivity index (χ0) is 30.5. The van der Waals surface area contributed by atoms with Crippen molar-refractivity contribution in [3.8, 4) is 0 Å². The third kappa shape index (κ3) is 4.98. The zero-order valence-corrected chi connectivity index (χ0v) is 24.1. The van der Waals surface area contributed by atoms with Crippen LogP contribution in [0.5, 0.6) is 0 Å². The number of carbonyl (C=O) groups excluding carboxylic acids is 5. The van der Waals surface area contributed by atoms with Gasteiger partial charge in [-0.2, -0.15) is 0 Å². The van der Waals surface area contributed by atoms with E-state index in [9.17, 15) is 29.1 Å². The average molecular weight is 569 g/mol. The third-order valence-electron chi connectivity index (χ3n) is 8.88. The number of allylic oxidation sites excluding steroid dienone is 1. The van der Waals surface area contributed by atoms with E-state index in [0.29, 0.717) is 5.56 Å². The summed E-state index contributed by atoms with van der Waals surface area (Å²) in [5.74, 6) is -4.67. The summed E-state index contributed by atoms with van der Waals surface area (Å²) in [5.41, 5.74) is -4.11. The third-order valence-corrected chi connectivity index (χ3v) is 8.88. The first-order valence-corrected chi connectivity index (χ1v) is 13.5. The summed E-state index contributed by atoms with van der Waals surface area (Å²) in [4.78, 5) is 65.8. The largest absolute Gasteiger partial charge is 0.472 e. The molecule has 6 atom stereocenters. The molecule has 1 N–H and O–H groups in total. The second kappa shape index (κ2) is 10.6. The van der Waals surface area contributed by atoms with Gasteiger partial charge in [0.25, 0.3) is 0 Å². The van der Waals surface area contributed by atoms with Crippen molar-refractivity contribution in [2.45, 2.75) is 71.7 Å². The van der Waals surface area contributed by atoms with Crippen LogP contribution in [0, 0.1) is 22.7 Å². The van der Waals surface area contributed by atoms with Crippen molar-refractivity contribution >= 4 is 29.5 Å². The summed E-state index contributed by atoms with van der Waals surface area (Å²) in [6.07, 6.45) is 2.74. The molecule has 1 aliphatic heterocycles. The smallest absolute Gasteiger partial charge is 0.333 e. The molecule has 0 spiro atoms. The maximum absolute atomic E-state index is 14.0. The van der Waals surface area contributed by atoms with Gasteiger partial charge in [-0.3, -0.25) is 14.4 Å². The Morgan fingerprint density at radius 3 is 2.49 bits per heavy atom. The molecule has 0 amide bonds. The number of rotatable bonds is 7. The molecule has 6 unspecified atom stereocenters. The molecule has 1 saturated carbocycles. The maximum atomic E-state index is 14.0. The monoisotopic (exact) mass is 568 g/mol. The topological polar surface area (TPSA) is 146 Å². The molecule has 0 radical (unpaired) electrons. The first kappa shape index (κ1) is 30.2. The van der Waals surface area contributed by atoms with Gasteiger partial charge < -0.3 is 23.7 Å². The quantitative estimate of drug-likeness (QED) is 0.293. The molecule has 10 heteroatoms. The summed E-state index contributed by atoms with van der Waals surface area (Å²) >= 11 is 0. The lowest BCUT2D eigenvalue weighted by Gasteiger charge is -2.52. The van der Waals surface area contributed by atoms with Crippen LogP contribution in [0.1, 0.15) is 65.5 Å². The van der Waals surface area contributed by atoms with Crippen LogP contribution in [0.2, 0.25) is 0 Å². The number of ether oxygens (including phenoxy) is 3. The highest BCUT2D eigenvalue weighted by atomic mass is 16.6. The van der Waals surface area contributed by atoms with E-state index in [-0.39, 0.29) is 36.0 Å². The molecule has 0 saturated heterocycles. The predicted molar refractivity (Wildman–Crippen MR) is 144 cm³/mol. The van der Waals surface area contributed by atoms with Gasteiger partial charge in [0, 0.05) is 47.0 Å². The van der Waals surface area contributed by atoms with Crippen LogP contribution < -0.4 is 0 Å². The zero-order valence-electron chi connectivity index (χ0n) is 24.1. The van der Waals surface area contributed by atoms with Crippen LogP contribution in [-0.4, -0.2) is 53.4 Å². The highest BCUT2D eigenvalue weighted by molar-refractivity contribution is 6.04. The van der Waals surface area contributed by atoms with E-state index in [1.807, 2.05) is 13.8 Å². The molecule has 1 aromatic rings. The van der Waals surface area contributed by atoms with Crippen molar-refractivity contribution in [3.05, 3.63) is 59.6 Å². The molecule has 41 heavy (non-hydrogen) atoms. The Balaban J connectivity index is 1.92. The summed E-state index contributed by atoms with van der Waals surface area (Å²) in [7, 11) is 1.26. The van der Waals surface area contributed by atoms with E-state index in [0.717, 1.165) is 6.08 Å². The highest BCUT2D eigenvalue weighted by Crippen LogP contribution is 2.57. The SMILES string of the molecule is C=C(C)C(=O)OC(C1=CC(C)(C)C(CC(=O)OC)C(C)C1=O)C1(O)C(=O)CCC2(C)C1=CC(=O)OC2c1ccoc1. The number of cyclic esters (lactones) is 1. The normalized spacial score (nSPS) is 31.7. The van der Waals surface area contributed by atoms with E-state index in [2.05, 4.69) is 6.58 Å². The first-order valence-electron chi connectivity index (χ1n) is 13.5. The van der Waals surface area contributed by atoms with Gasteiger partial charge in [-0.1, -0.05) is 40.3 Å². The summed E-state index contributed by atoms with van der Waals surface area (Å²) < 4.78 is 21.5. The second-order valence-electron chi connectivity index (χ2n) is 12.1. The number of methoxy groups -OCH3 is 1. The molecule has 3 aliphatic rings. The molecule has 1 fully saturated rings. The number of ketones is 2. The van der Waals surface area contributed by atoms with Crippen LogP contribution in [0.25, 0.3) is 0 Å². The Hall–Kier alpha value is -3.79. The van der Waals surface area contributed by atoms with Gasteiger partial charge in [-0.15, -0.1) is 0 Å². The fraction of sp³-hybridized carbons (Fsp3) is 0.516. The van der Waals surface area contributed by atoms with E-state index in [1.54, 1.807) is 26.0 Å². The van der Waals surface area contributed by atoms with Crippen molar-refractivity contribution in [1.29, 1.82) is 0 Å². The van der Waals surface area contributed by atoms with Gasteiger partial charge in [0.05, 0.1) is 19.6 Å². The van der Waals surface area contributed by atoms with Gasteiger partial charge in [-0.25, -0.2) is 9.59 Å². The summed E-state index contributed by atoms with van der Waals surface area (Å²) in [5, 5.41) is 12.5. The number of esters is 3. The molecule has 2 heterocycles. The Morgan fingerprint density at radius 1 is 1.22 bits per heavy atom. The number of furan rings is 1. The second-order valence-corrected chi connectivity index (χ2v) is 12.1. The minimum absolute atomic E-state index is 0.0148. The lowest BCUT2D eigenvalue weighted by Crippen LogP contribution is -2.62. The van der Waals surface area contributed by atoms with Crippen molar-refractivity contribution in [1.82, 2.24) is 0 Å². The van der Waals surface area contributed by atoms with Gasteiger partial charge in [-0.05, 0) is 36.3 Å². The number of Topliss-reactive ketones (excluding diaryl/α,β-unsaturated/α-hetero) is 2. The van der Waals surface area contributed by atoms with E-state index >= 15 is 0 Å². The fourth-order valence-electron chi connectivity index (χ4n) is 6.53. The first-order chi connectivity index (χ1) is 19.1. The Morgan fingerprint density at radius 2 is 1.90 bits per heavy atom. The molecule has 10 nitrogen and oxygen atoms in total. The van der Waals surface area contributed by atoms with E-state index in [4.69, 9.17) is 18.6 Å². The number of fused-ring (bicyclic) bond motifs is 1. The van der Waals surface area contributed by atoms with Crippen molar-refractivity contribution in [3.63, 3.8) is 0 Å².